The lowest BCUT2D eigenvalue weighted by molar-refractivity contribution is 0.242. The fourth-order valence-electron chi connectivity index (χ4n) is 3.18. The van der Waals surface area contributed by atoms with Gasteiger partial charge in [-0.3, -0.25) is 0 Å². The zero-order valence-corrected chi connectivity index (χ0v) is 15.8. The molecule has 7 nitrogen and oxygen atoms in total. The molecule has 0 atom stereocenters. The first-order valence-electron chi connectivity index (χ1n) is 9.17. The average Bonchev–Trinajstić information content (AvgIpc) is 2.77. The lowest BCUT2D eigenvalue weighted by atomic mass is 10.0. The van der Waals surface area contributed by atoms with Gasteiger partial charge < -0.3 is 10.2 Å². The SMILES string of the molecule is O=C(NN=Cc1c(O)ccc2ccccc12)NN=Cc1c(O)ccc2ccccc12. The van der Waals surface area contributed by atoms with E-state index in [2.05, 4.69) is 21.1 Å². The van der Waals surface area contributed by atoms with Gasteiger partial charge in [-0.15, -0.1) is 0 Å². The van der Waals surface area contributed by atoms with E-state index in [1.807, 2.05) is 48.5 Å². The highest BCUT2D eigenvalue weighted by Gasteiger charge is 2.06. The molecule has 0 aliphatic rings. The number of carbonyl (C=O) groups is 1. The molecule has 4 aromatic carbocycles. The number of hydrogen-bond acceptors (Lipinski definition) is 5. The van der Waals surface area contributed by atoms with Crippen molar-refractivity contribution in [1.82, 2.24) is 10.9 Å². The van der Waals surface area contributed by atoms with E-state index in [1.54, 1.807) is 24.3 Å². The Balaban J connectivity index is 1.44. The number of amides is 2. The lowest BCUT2D eigenvalue weighted by Crippen LogP contribution is -2.28. The van der Waals surface area contributed by atoms with E-state index < -0.39 is 6.03 Å². The average molecular weight is 398 g/mol. The van der Waals surface area contributed by atoms with Crippen LogP contribution in [0, 0.1) is 0 Å². The third-order valence-electron chi connectivity index (χ3n) is 4.61. The van der Waals surface area contributed by atoms with Gasteiger partial charge in [0.2, 0.25) is 0 Å². The van der Waals surface area contributed by atoms with Crippen LogP contribution in [0.3, 0.4) is 0 Å². The van der Waals surface area contributed by atoms with Crippen LogP contribution in [0.5, 0.6) is 11.5 Å². The molecule has 0 fully saturated rings. The van der Waals surface area contributed by atoms with Crippen LogP contribution in [0.4, 0.5) is 4.79 Å². The van der Waals surface area contributed by atoms with Crippen molar-refractivity contribution >= 4 is 40.0 Å². The van der Waals surface area contributed by atoms with Crippen molar-refractivity contribution in [2.24, 2.45) is 10.2 Å². The largest absolute Gasteiger partial charge is 0.507 e. The molecule has 0 saturated heterocycles. The summed E-state index contributed by atoms with van der Waals surface area (Å²) >= 11 is 0. The zero-order chi connectivity index (χ0) is 20.9. The minimum absolute atomic E-state index is 0.0594. The highest BCUT2D eigenvalue weighted by molar-refractivity contribution is 6.03. The van der Waals surface area contributed by atoms with Crippen LogP contribution in [0.15, 0.2) is 83.0 Å². The molecule has 148 valence electrons. The Morgan fingerprint density at radius 2 is 1.10 bits per heavy atom. The van der Waals surface area contributed by atoms with Crippen molar-refractivity contribution in [3.63, 3.8) is 0 Å². The van der Waals surface area contributed by atoms with Gasteiger partial charge in [0.25, 0.3) is 0 Å². The van der Waals surface area contributed by atoms with Crippen molar-refractivity contribution < 1.29 is 15.0 Å². The maximum absolute atomic E-state index is 11.9. The summed E-state index contributed by atoms with van der Waals surface area (Å²) in [5.41, 5.74) is 5.58. The van der Waals surface area contributed by atoms with Gasteiger partial charge in [-0.25, -0.2) is 15.6 Å². The molecular weight excluding hydrogens is 380 g/mol. The molecule has 0 spiro atoms. The van der Waals surface area contributed by atoms with Crippen LogP contribution in [0.2, 0.25) is 0 Å². The molecule has 0 heterocycles. The maximum atomic E-state index is 11.9. The van der Waals surface area contributed by atoms with Crippen molar-refractivity contribution in [3.05, 3.63) is 83.9 Å². The molecule has 0 saturated carbocycles. The molecule has 7 heteroatoms. The Kier molecular flexibility index (Phi) is 5.25. The van der Waals surface area contributed by atoms with E-state index in [0.717, 1.165) is 21.5 Å². The number of nitrogens with zero attached hydrogens (tertiary/aromatic N) is 2. The number of rotatable bonds is 4. The number of carbonyl (C=O) groups excluding carboxylic acids is 1. The van der Waals surface area contributed by atoms with Gasteiger partial charge in [-0.2, -0.15) is 10.2 Å². The molecule has 0 bridgehead atoms. The first-order chi connectivity index (χ1) is 14.6. The summed E-state index contributed by atoms with van der Waals surface area (Å²) < 4.78 is 0. The zero-order valence-electron chi connectivity index (χ0n) is 15.8. The number of phenols is 2. The molecule has 4 N–H and O–H groups in total. The number of benzene rings is 4. The summed E-state index contributed by atoms with van der Waals surface area (Å²) in [6.45, 7) is 0. The van der Waals surface area contributed by atoms with Crippen molar-refractivity contribution in [3.8, 4) is 11.5 Å². The first kappa shape index (κ1) is 18.9. The van der Waals surface area contributed by atoms with Crippen molar-refractivity contribution in [1.29, 1.82) is 0 Å². The summed E-state index contributed by atoms with van der Waals surface area (Å²) in [4.78, 5) is 11.9. The number of aromatic hydroxyl groups is 2. The van der Waals surface area contributed by atoms with E-state index >= 15 is 0 Å². The molecule has 0 aliphatic carbocycles. The minimum atomic E-state index is -0.665. The van der Waals surface area contributed by atoms with Crippen LogP contribution >= 0.6 is 0 Å². The number of hydrogen-bond donors (Lipinski definition) is 4. The molecule has 4 rings (SSSR count). The number of nitrogens with one attached hydrogen (secondary N) is 2. The van der Waals surface area contributed by atoms with Crippen molar-refractivity contribution in [2.75, 3.05) is 0 Å². The molecule has 30 heavy (non-hydrogen) atoms. The Morgan fingerprint density at radius 3 is 1.57 bits per heavy atom. The third kappa shape index (κ3) is 3.90. The van der Waals surface area contributed by atoms with Gasteiger partial charge in [0.15, 0.2) is 0 Å². The van der Waals surface area contributed by atoms with Crippen LogP contribution in [0.1, 0.15) is 11.1 Å². The Bertz CT molecular complexity index is 1200. The van der Waals surface area contributed by atoms with Gasteiger partial charge in [-0.1, -0.05) is 60.7 Å². The molecule has 0 aromatic heterocycles. The second kappa shape index (κ2) is 8.32. The fourth-order valence-corrected chi connectivity index (χ4v) is 3.18. The smallest absolute Gasteiger partial charge is 0.355 e. The van der Waals surface area contributed by atoms with Crippen molar-refractivity contribution in [2.45, 2.75) is 0 Å². The topological polar surface area (TPSA) is 106 Å². The predicted molar refractivity (Wildman–Crippen MR) is 118 cm³/mol. The van der Waals surface area contributed by atoms with Crippen LogP contribution in [-0.4, -0.2) is 28.7 Å². The monoisotopic (exact) mass is 398 g/mol. The summed E-state index contributed by atoms with van der Waals surface area (Å²) in [6.07, 6.45) is 2.75. The van der Waals surface area contributed by atoms with Gasteiger partial charge >= 0.3 is 6.03 Å². The summed E-state index contributed by atoms with van der Waals surface area (Å²) in [6, 6.07) is 21.2. The summed E-state index contributed by atoms with van der Waals surface area (Å²) in [7, 11) is 0. The van der Waals surface area contributed by atoms with E-state index in [0.29, 0.717) is 11.1 Å². The number of hydrazone groups is 2. The molecule has 2 amide bonds. The van der Waals surface area contributed by atoms with Gasteiger partial charge in [-0.05, 0) is 33.7 Å². The normalized spacial score (nSPS) is 11.5. The summed E-state index contributed by atoms with van der Waals surface area (Å²) in [5, 5.41) is 31.4. The van der Waals surface area contributed by atoms with Crippen LogP contribution in [0.25, 0.3) is 21.5 Å². The third-order valence-corrected chi connectivity index (χ3v) is 4.61. The standard InChI is InChI=1S/C23H18N4O3/c28-21-11-9-15-5-1-3-7-17(15)19(21)13-24-26-23(30)27-25-14-20-18-8-4-2-6-16(18)10-12-22(20)29/h1-14,28-29H,(H2,26,27,30). The van der Waals surface area contributed by atoms with E-state index in [4.69, 9.17) is 0 Å². The quantitative estimate of drug-likeness (QED) is 0.307. The van der Waals surface area contributed by atoms with E-state index in [1.165, 1.54) is 12.4 Å². The minimum Gasteiger partial charge on any atom is -0.507 e. The Hall–Kier alpha value is -4.39. The van der Waals surface area contributed by atoms with E-state index in [-0.39, 0.29) is 11.5 Å². The molecule has 0 unspecified atom stereocenters. The summed E-state index contributed by atoms with van der Waals surface area (Å²) in [5.74, 6) is 0.119. The lowest BCUT2D eigenvalue weighted by Gasteiger charge is -2.05. The van der Waals surface area contributed by atoms with Gasteiger partial charge in [0.1, 0.15) is 11.5 Å². The molecule has 4 aromatic rings. The predicted octanol–water partition coefficient (Wildman–Crippen LogP) is 4.07. The Labute approximate surface area is 172 Å². The fraction of sp³-hybridized carbons (Fsp3) is 0. The molecular formula is C23H18N4O3. The number of phenolic OH excluding ortho intramolecular Hbond substituents is 2. The second-order valence-electron chi connectivity index (χ2n) is 6.51. The van der Waals surface area contributed by atoms with Gasteiger partial charge in [0, 0.05) is 11.1 Å². The highest BCUT2D eigenvalue weighted by atomic mass is 16.3. The van der Waals surface area contributed by atoms with Gasteiger partial charge in [0.05, 0.1) is 12.4 Å². The maximum Gasteiger partial charge on any atom is 0.355 e. The second-order valence-corrected chi connectivity index (χ2v) is 6.51. The van der Waals surface area contributed by atoms with Crippen LogP contribution < -0.4 is 10.9 Å². The highest BCUT2D eigenvalue weighted by Crippen LogP contribution is 2.26. The van der Waals surface area contributed by atoms with Crippen LogP contribution in [-0.2, 0) is 0 Å². The molecule has 0 aliphatic heterocycles. The first-order valence-corrected chi connectivity index (χ1v) is 9.17. The number of urea groups is 1. The Morgan fingerprint density at radius 1 is 0.667 bits per heavy atom. The number of fused-ring (bicyclic) bond motifs is 2. The van der Waals surface area contributed by atoms with E-state index in [9.17, 15) is 15.0 Å². The molecule has 0 radical (unpaired) electrons.